The van der Waals surface area contributed by atoms with Gasteiger partial charge in [-0.2, -0.15) is 0 Å². The second-order valence-electron chi connectivity index (χ2n) is 7.31. The number of carbonyl (C=O) groups is 3. The maximum atomic E-state index is 12.7. The van der Waals surface area contributed by atoms with Crippen molar-refractivity contribution in [2.75, 3.05) is 25.5 Å². The van der Waals surface area contributed by atoms with Crippen LogP contribution in [0.2, 0.25) is 0 Å². The lowest BCUT2D eigenvalue weighted by Gasteiger charge is -2.32. The van der Waals surface area contributed by atoms with E-state index in [2.05, 4.69) is 20.1 Å². The van der Waals surface area contributed by atoms with Crippen LogP contribution in [-0.2, 0) is 4.74 Å². The summed E-state index contributed by atoms with van der Waals surface area (Å²) >= 11 is 0. The van der Waals surface area contributed by atoms with Crippen molar-refractivity contribution in [3.63, 3.8) is 0 Å². The van der Waals surface area contributed by atoms with E-state index >= 15 is 0 Å². The summed E-state index contributed by atoms with van der Waals surface area (Å²) in [7, 11) is 1.28. The molecule has 1 heterocycles. The first-order valence-electron chi connectivity index (χ1n) is 10.1. The number of hydrogen-bond donors (Lipinski definition) is 2. The number of halogens is 3. The highest BCUT2D eigenvalue weighted by Crippen LogP contribution is 2.24. The normalized spacial score (nSPS) is 14.4. The molecule has 2 aromatic carbocycles. The van der Waals surface area contributed by atoms with Crippen LogP contribution in [0.4, 0.5) is 23.7 Å². The molecule has 0 radical (unpaired) electrons. The molecule has 3 rings (SSSR count). The minimum Gasteiger partial charge on any atom is -0.465 e. The average molecular weight is 465 g/mol. The first-order valence-corrected chi connectivity index (χ1v) is 10.1. The first kappa shape index (κ1) is 23.9. The summed E-state index contributed by atoms with van der Waals surface area (Å²) in [6.07, 6.45) is -3.70. The Balaban J connectivity index is 1.45. The first-order chi connectivity index (χ1) is 15.6. The van der Waals surface area contributed by atoms with Gasteiger partial charge >= 0.3 is 18.4 Å². The third kappa shape index (κ3) is 6.86. The number of rotatable bonds is 5. The third-order valence-electron chi connectivity index (χ3n) is 5.02. The van der Waals surface area contributed by atoms with Gasteiger partial charge in [-0.25, -0.2) is 9.59 Å². The smallest absolute Gasteiger partial charge is 0.465 e. The Labute approximate surface area is 187 Å². The van der Waals surface area contributed by atoms with E-state index in [1.54, 1.807) is 17.0 Å². The number of amides is 3. The predicted molar refractivity (Wildman–Crippen MR) is 112 cm³/mol. The molecule has 1 fully saturated rings. The Hall–Kier alpha value is -3.76. The van der Waals surface area contributed by atoms with E-state index in [-0.39, 0.29) is 17.7 Å². The van der Waals surface area contributed by atoms with E-state index in [0.717, 1.165) is 12.1 Å². The van der Waals surface area contributed by atoms with Crippen LogP contribution in [0.5, 0.6) is 5.75 Å². The number of piperidine rings is 1. The number of benzene rings is 2. The molecule has 2 N–H and O–H groups in total. The van der Waals surface area contributed by atoms with Crippen LogP contribution in [0.15, 0.2) is 48.5 Å². The molecule has 0 saturated carbocycles. The van der Waals surface area contributed by atoms with E-state index in [0.29, 0.717) is 42.7 Å². The lowest BCUT2D eigenvalue weighted by molar-refractivity contribution is -0.274. The summed E-state index contributed by atoms with van der Waals surface area (Å²) in [6.45, 7) is 0.873. The number of nitrogens with zero attached hydrogens (tertiary/aromatic N) is 1. The van der Waals surface area contributed by atoms with Crippen molar-refractivity contribution in [2.45, 2.75) is 25.2 Å². The van der Waals surface area contributed by atoms with Gasteiger partial charge in [0.2, 0.25) is 0 Å². The lowest BCUT2D eigenvalue weighted by atomic mass is 10.0. The molecular formula is C22H22F3N3O5. The Morgan fingerprint density at radius 2 is 1.52 bits per heavy atom. The van der Waals surface area contributed by atoms with Crippen LogP contribution in [0, 0.1) is 0 Å². The van der Waals surface area contributed by atoms with Gasteiger partial charge in [0, 0.05) is 30.4 Å². The van der Waals surface area contributed by atoms with Crippen molar-refractivity contribution in [3.8, 4) is 5.75 Å². The SMILES string of the molecule is COC(=O)c1ccc(C(=O)N2CCC(NC(=O)Nc3ccc(OC(F)(F)F)cc3)CC2)cc1. The maximum Gasteiger partial charge on any atom is 0.573 e. The summed E-state index contributed by atoms with van der Waals surface area (Å²) < 4.78 is 45.0. The van der Waals surface area contributed by atoms with Crippen LogP contribution >= 0.6 is 0 Å². The molecule has 3 amide bonds. The second kappa shape index (κ2) is 10.2. The number of methoxy groups -OCH3 is 1. The molecule has 2 aromatic rings. The van der Waals surface area contributed by atoms with Crippen molar-refractivity contribution < 1.29 is 37.0 Å². The summed E-state index contributed by atoms with van der Waals surface area (Å²) in [5.74, 6) is -1.04. The standard InChI is InChI=1S/C22H22F3N3O5/c1-32-20(30)15-4-2-14(3-5-15)19(29)28-12-10-17(11-13-28)27-21(31)26-16-6-8-18(9-7-16)33-22(23,24)25/h2-9,17H,10-13H2,1H3,(H2,26,27,31). The van der Waals surface area contributed by atoms with E-state index in [1.165, 1.54) is 31.4 Å². The fraction of sp³-hybridized carbons (Fsp3) is 0.318. The van der Waals surface area contributed by atoms with Crippen LogP contribution in [0.3, 0.4) is 0 Å². The highest BCUT2D eigenvalue weighted by atomic mass is 19.4. The predicted octanol–water partition coefficient (Wildman–Crippen LogP) is 3.80. The number of likely N-dealkylation sites (tertiary alicyclic amines) is 1. The molecule has 11 heteroatoms. The molecule has 0 bridgehead atoms. The van der Waals surface area contributed by atoms with E-state index < -0.39 is 18.4 Å². The minimum absolute atomic E-state index is 0.163. The van der Waals surface area contributed by atoms with Gasteiger partial charge in [0.1, 0.15) is 5.75 Å². The van der Waals surface area contributed by atoms with Gasteiger partial charge in [-0.3, -0.25) is 4.79 Å². The van der Waals surface area contributed by atoms with Crippen molar-refractivity contribution >= 4 is 23.6 Å². The van der Waals surface area contributed by atoms with Crippen molar-refractivity contribution in [1.29, 1.82) is 0 Å². The zero-order chi connectivity index (χ0) is 24.0. The second-order valence-corrected chi connectivity index (χ2v) is 7.31. The molecule has 1 aliphatic heterocycles. The summed E-state index contributed by atoms with van der Waals surface area (Å²) in [6, 6.07) is 10.3. The molecular weight excluding hydrogens is 443 g/mol. The zero-order valence-corrected chi connectivity index (χ0v) is 17.6. The molecule has 0 atom stereocenters. The molecule has 1 aliphatic rings. The van der Waals surface area contributed by atoms with Gasteiger partial charge in [-0.1, -0.05) is 0 Å². The molecule has 0 unspecified atom stereocenters. The molecule has 176 valence electrons. The van der Waals surface area contributed by atoms with Crippen LogP contribution in [0.25, 0.3) is 0 Å². The Morgan fingerprint density at radius 3 is 2.06 bits per heavy atom. The summed E-state index contributed by atoms with van der Waals surface area (Å²) in [5, 5.41) is 5.35. The highest BCUT2D eigenvalue weighted by Gasteiger charge is 2.31. The van der Waals surface area contributed by atoms with Crippen molar-refractivity contribution in [3.05, 3.63) is 59.7 Å². The summed E-state index contributed by atoms with van der Waals surface area (Å²) in [5.41, 5.74) is 1.11. The fourth-order valence-electron chi connectivity index (χ4n) is 3.37. The Bertz CT molecular complexity index is 986. The number of anilines is 1. The minimum atomic E-state index is -4.78. The fourth-order valence-corrected chi connectivity index (χ4v) is 3.37. The third-order valence-corrected chi connectivity index (χ3v) is 5.02. The number of urea groups is 1. The van der Waals surface area contributed by atoms with E-state index in [1.807, 2.05) is 0 Å². The van der Waals surface area contributed by atoms with Gasteiger partial charge in [-0.15, -0.1) is 13.2 Å². The van der Waals surface area contributed by atoms with Gasteiger partial charge in [0.25, 0.3) is 5.91 Å². The zero-order valence-electron chi connectivity index (χ0n) is 17.6. The van der Waals surface area contributed by atoms with Gasteiger partial charge in [0.05, 0.1) is 12.7 Å². The number of carbonyl (C=O) groups excluding carboxylic acids is 3. The van der Waals surface area contributed by atoms with Crippen LogP contribution in [-0.4, -0.2) is 55.4 Å². The molecule has 1 saturated heterocycles. The number of esters is 1. The number of ether oxygens (including phenoxy) is 2. The Kier molecular flexibility index (Phi) is 7.41. The largest absolute Gasteiger partial charge is 0.573 e. The topological polar surface area (TPSA) is 97.0 Å². The number of nitrogens with one attached hydrogen (secondary N) is 2. The molecule has 8 nitrogen and oxygen atoms in total. The molecule has 33 heavy (non-hydrogen) atoms. The van der Waals surface area contributed by atoms with E-state index in [9.17, 15) is 27.6 Å². The van der Waals surface area contributed by atoms with Crippen molar-refractivity contribution in [1.82, 2.24) is 10.2 Å². The van der Waals surface area contributed by atoms with Crippen molar-refractivity contribution in [2.24, 2.45) is 0 Å². The van der Waals surface area contributed by atoms with Crippen LogP contribution in [0.1, 0.15) is 33.6 Å². The average Bonchev–Trinajstić information content (AvgIpc) is 2.79. The molecule has 0 spiro atoms. The van der Waals surface area contributed by atoms with Gasteiger partial charge in [-0.05, 0) is 61.4 Å². The number of hydrogen-bond acceptors (Lipinski definition) is 5. The Morgan fingerprint density at radius 1 is 0.939 bits per heavy atom. The van der Waals surface area contributed by atoms with Crippen LogP contribution < -0.4 is 15.4 Å². The maximum absolute atomic E-state index is 12.7. The van der Waals surface area contributed by atoms with E-state index in [4.69, 9.17) is 0 Å². The lowest BCUT2D eigenvalue weighted by Crippen LogP contribution is -2.47. The quantitative estimate of drug-likeness (QED) is 0.655. The number of alkyl halides is 3. The molecule has 0 aliphatic carbocycles. The summed E-state index contributed by atoms with van der Waals surface area (Å²) in [4.78, 5) is 38.0. The monoisotopic (exact) mass is 465 g/mol. The van der Waals surface area contributed by atoms with Gasteiger partial charge < -0.3 is 25.0 Å². The highest BCUT2D eigenvalue weighted by molar-refractivity contribution is 5.96. The van der Waals surface area contributed by atoms with Gasteiger partial charge in [0.15, 0.2) is 0 Å². The molecule has 0 aromatic heterocycles.